The van der Waals surface area contributed by atoms with Crippen molar-refractivity contribution in [1.29, 1.82) is 0 Å². The largest absolute Gasteiger partial charge is 0.127 e. The van der Waals surface area contributed by atoms with E-state index in [1.807, 2.05) is 0 Å². The highest BCUT2D eigenvalue weighted by molar-refractivity contribution is 7.19. The first-order chi connectivity index (χ1) is 3.71. The van der Waals surface area contributed by atoms with Crippen molar-refractivity contribution in [3.8, 4) is 0 Å². The van der Waals surface area contributed by atoms with Crippen LogP contribution in [0.1, 0.15) is 13.3 Å². The lowest BCUT2D eigenvalue weighted by Crippen LogP contribution is -2.10. The van der Waals surface area contributed by atoms with Gasteiger partial charge in [-0.1, -0.05) is 31.2 Å². The fourth-order valence-electron chi connectivity index (χ4n) is 0.744. The molecule has 0 amide bonds. The lowest BCUT2D eigenvalue weighted by Gasteiger charge is -2.18. The zero-order chi connectivity index (χ0) is 6.04. The third kappa shape index (κ3) is 1.45. The van der Waals surface area contributed by atoms with Crippen LogP contribution in [0.2, 0.25) is 0 Å². The second-order valence-electron chi connectivity index (χ2n) is 2.50. The minimum atomic E-state index is 0.328. The van der Waals surface area contributed by atoms with Crippen LogP contribution < -0.4 is 0 Å². The van der Waals surface area contributed by atoms with E-state index in [1.54, 1.807) is 0 Å². The third-order valence-corrected chi connectivity index (χ3v) is 1.71. The molecule has 0 aromatic carbocycles. The molecule has 1 rings (SSSR count). The highest BCUT2D eigenvalue weighted by Crippen LogP contribution is 2.26. The Balaban J connectivity index is 2.65. The summed E-state index contributed by atoms with van der Waals surface area (Å²) >= 11 is 0. The van der Waals surface area contributed by atoms with Crippen LogP contribution in [0, 0.1) is 0 Å². The van der Waals surface area contributed by atoms with E-state index in [0.29, 0.717) is 5.16 Å². The van der Waals surface area contributed by atoms with Gasteiger partial charge in [0.1, 0.15) is 0 Å². The van der Waals surface area contributed by atoms with Gasteiger partial charge in [0, 0.05) is 5.16 Å². The Morgan fingerprint density at radius 2 is 2.25 bits per heavy atom. The summed E-state index contributed by atoms with van der Waals surface area (Å²) in [6.45, 7) is 2.21. The van der Waals surface area contributed by atoms with Gasteiger partial charge in [0.2, 0.25) is 0 Å². The fraction of sp³-hybridized carbons (Fsp3) is 0.429. The zero-order valence-electron chi connectivity index (χ0n) is 5.09. The molecule has 0 aromatic heterocycles. The normalized spacial score (nSPS) is 35.8. The molecule has 0 N–H and O–H groups in total. The maximum atomic E-state index is 2.83. The smallest absolute Gasteiger partial charge is 0.00363 e. The van der Waals surface area contributed by atoms with Crippen molar-refractivity contribution in [2.45, 2.75) is 18.5 Å². The summed E-state index contributed by atoms with van der Waals surface area (Å²) in [6, 6.07) is 0. The summed E-state index contributed by atoms with van der Waals surface area (Å²) in [5.41, 5.74) is 0. The van der Waals surface area contributed by atoms with E-state index in [1.165, 1.54) is 0 Å². The molecule has 0 radical (unpaired) electrons. The predicted molar refractivity (Wildman–Crippen MR) is 41.0 cm³/mol. The summed E-state index contributed by atoms with van der Waals surface area (Å²) < 4.78 is 0. The van der Waals surface area contributed by atoms with Crippen LogP contribution >= 0.6 is 9.24 Å². The molecule has 0 bridgehead atoms. The van der Waals surface area contributed by atoms with Crippen LogP contribution in [0.5, 0.6) is 0 Å². The standard InChI is InChI=1S/C7H11P/c1-7(8)5-3-2-4-6-7/h2-5H,6,8H2,1H3. The van der Waals surface area contributed by atoms with Crippen LogP contribution in [0.3, 0.4) is 0 Å². The van der Waals surface area contributed by atoms with Crippen LogP contribution in [0.25, 0.3) is 0 Å². The third-order valence-electron chi connectivity index (χ3n) is 1.28. The van der Waals surface area contributed by atoms with Crippen molar-refractivity contribution < 1.29 is 0 Å². The molecule has 0 aliphatic heterocycles. The molecular weight excluding hydrogens is 115 g/mol. The van der Waals surface area contributed by atoms with Crippen molar-refractivity contribution >= 4 is 9.24 Å². The fourth-order valence-corrected chi connectivity index (χ4v) is 0.991. The summed E-state index contributed by atoms with van der Waals surface area (Å²) in [5.74, 6) is 0. The maximum Gasteiger partial charge on any atom is 0.00363 e. The van der Waals surface area contributed by atoms with Gasteiger partial charge in [0.05, 0.1) is 0 Å². The molecule has 0 aromatic rings. The summed E-state index contributed by atoms with van der Waals surface area (Å²) in [5, 5.41) is 0.328. The Kier molecular flexibility index (Phi) is 1.53. The van der Waals surface area contributed by atoms with Gasteiger partial charge < -0.3 is 0 Å². The molecule has 2 atom stereocenters. The highest BCUT2D eigenvalue weighted by atomic mass is 31.0. The Morgan fingerprint density at radius 1 is 1.50 bits per heavy atom. The van der Waals surface area contributed by atoms with E-state index in [4.69, 9.17) is 0 Å². The summed E-state index contributed by atoms with van der Waals surface area (Å²) in [4.78, 5) is 0. The number of rotatable bonds is 0. The van der Waals surface area contributed by atoms with Crippen molar-refractivity contribution in [3.05, 3.63) is 24.3 Å². The number of hydrogen-bond acceptors (Lipinski definition) is 0. The van der Waals surface area contributed by atoms with Crippen molar-refractivity contribution in [3.63, 3.8) is 0 Å². The summed E-state index contributed by atoms with van der Waals surface area (Å²) in [7, 11) is 2.83. The van der Waals surface area contributed by atoms with E-state index >= 15 is 0 Å². The molecule has 1 aliphatic rings. The van der Waals surface area contributed by atoms with Crippen LogP contribution in [0.15, 0.2) is 24.3 Å². The molecule has 0 spiro atoms. The van der Waals surface area contributed by atoms with Crippen molar-refractivity contribution in [1.82, 2.24) is 0 Å². The first-order valence-corrected chi connectivity index (χ1v) is 3.42. The van der Waals surface area contributed by atoms with Gasteiger partial charge in [-0.2, -0.15) is 0 Å². The van der Waals surface area contributed by atoms with Gasteiger partial charge in [-0.15, -0.1) is 9.24 Å². The number of allylic oxidation sites excluding steroid dienone is 4. The monoisotopic (exact) mass is 126 g/mol. The molecule has 0 fully saturated rings. The average molecular weight is 126 g/mol. The first-order valence-electron chi connectivity index (χ1n) is 2.84. The van der Waals surface area contributed by atoms with E-state index in [0.717, 1.165) is 6.42 Å². The highest BCUT2D eigenvalue weighted by Gasteiger charge is 2.12. The van der Waals surface area contributed by atoms with Gasteiger partial charge in [-0.25, -0.2) is 0 Å². The topological polar surface area (TPSA) is 0 Å². The van der Waals surface area contributed by atoms with Gasteiger partial charge >= 0.3 is 0 Å². The molecule has 0 heterocycles. The van der Waals surface area contributed by atoms with E-state index in [2.05, 4.69) is 40.5 Å². The quantitative estimate of drug-likeness (QED) is 0.436. The molecule has 1 heteroatoms. The zero-order valence-corrected chi connectivity index (χ0v) is 6.25. The molecule has 8 heavy (non-hydrogen) atoms. The van der Waals surface area contributed by atoms with Crippen molar-refractivity contribution in [2.75, 3.05) is 0 Å². The van der Waals surface area contributed by atoms with E-state index in [9.17, 15) is 0 Å². The van der Waals surface area contributed by atoms with E-state index in [-0.39, 0.29) is 0 Å². The maximum absolute atomic E-state index is 2.83. The Bertz CT molecular complexity index is 131. The predicted octanol–water partition coefficient (Wildman–Crippen LogP) is 2.14. The number of hydrogen-bond donors (Lipinski definition) is 0. The van der Waals surface area contributed by atoms with E-state index < -0.39 is 0 Å². The minimum Gasteiger partial charge on any atom is -0.127 e. The van der Waals surface area contributed by atoms with Crippen LogP contribution in [0.4, 0.5) is 0 Å². The lowest BCUT2D eigenvalue weighted by atomic mass is 10.0. The molecule has 2 unspecified atom stereocenters. The SMILES string of the molecule is CC1(P)C=CC=CC1. The average Bonchev–Trinajstić information content (AvgIpc) is 1.65. The Morgan fingerprint density at radius 3 is 2.50 bits per heavy atom. The van der Waals surface area contributed by atoms with Gasteiger partial charge in [0.25, 0.3) is 0 Å². The minimum absolute atomic E-state index is 0.328. The van der Waals surface area contributed by atoms with Crippen LogP contribution in [-0.4, -0.2) is 5.16 Å². The Hall–Kier alpha value is -0.0900. The van der Waals surface area contributed by atoms with Gasteiger partial charge in [0.15, 0.2) is 0 Å². The van der Waals surface area contributed by atoms with Crippen molar-refractivity contribution in [2.24, 2.45) is 0 Å². The molecule has 0 saturated carbocycles. The van der Waals surface area contributed by atoms with Gasteiger partial charge in [-0.05, 0) is 6.42 Å². The molecule has 1 aliphatic carbocycles. The molecule has 44 valence electrons. The molecule has 0 nitrogen and oxygen atoms in total. The second-order valence-corrected chi connectivity index (χ2v) is 3.82. The van der Waals surface area contributed by atoms with Crippen LogP contribution in [-0.2, 0) is 0 Å². The Labute approximate surface area is 52.9 Å². The first kappa shape index (κ1) is 6.04. The second kappa shape index (κ2) is 2.03. The van der Waals surface area contributed by atoms with Gasteiger partial charge in [-0.3, -0.25) is 0 Å². The molecular formula is C7H11P. The molecule has 0 saturated heterocycles. The summed E-state index contributed by atoms with van der Waals surface area (Å²) in [6.07, 6.45) is 9.72. The lowest BCUT2D eigenvalue weighted by molar-refractivity contribution is 0.798.